The summed E-state index contributed by atoms with van der Waals surface area (Å²) in [5, 5.41) is 0. The van der Waals surface area contributed by atoms with E-state index >= 15 is 0 Å². The maximum atomic E-state index is 6.26. The molecule has 0 aromatic carbocycles. The van der Waals surface area contributed by atoms with Gasteiger partial charge in [-0.3, -0.25) is 19.9 Å². The molecular formula is C26H30N6Re-2. The Bertz CT molecular complexity index is 872. The van der Waals surface area contributed by atoms with Crippen molar-refractivity contribution in [2.24, 2.45) is 0 Å². The maximum Gasteiger partial charge on any atom is 0.0886 e. The van der Waals surface area contributed by atoms with Crippen molar-refractivity contribution in [3.8, 4) is 22.8 Å². The van der Waals surface area contributed by atoms with Gasteiger partial charge < -0.3 is 11.5 Å². The SMILES string of the molecule is Cc1ccc(-c2ccc(C)cn2)nc1.Cc1ccc(-c2ccc(C)cn2)nc1.[NH-]CC[NH-].[Re]. The second-order valence-electron chi connectivity index (χ2n) is 7.38. The summed E-state index contributed by atoms with van der Waals surface area (Å²) in [4.78, 5) is 17.3. The van der Waals surface area contributed by atoms with Crippen molar-refractivity contribution in [2.75, 3.05) is 13.1 Å². The number of rotatable bonds is 3. The second-order valence-corrected chi connectivity index (χ2v) is 7.38. The summed E-state index contributed by atoms with van der Waals surface area (Å²) in [5.74, 6) is 0. The van der Waals surface area contributed by atoms with Crippen LogP contribution in [0, 0.1) is 27.7 Å². The smallest absolute Gasteiger partial charge is 0.0886 e. The Labute approximate surface area is 210 Å². The van der Waals surface area contributed by atoms with Gasteiger partial charge in [0.1, 0.15) is 0 Å². The molecule has 0 saturated heterocycles. The number of pyridine rings is 4. The molecule has 2 N–H and O–H groups in total. The van der Waals surface area contributed by atoms with Crippen LogP contribution in [-0.2, 0) is 20.4 Å². The quantitative estimate of drug-likeness (QED) is 0.260. The van der Waals surface area contributed by atoms with Crippen LogP contribution >= 0.6 is 0 Å². The molecule has 0 aliphatic rings. The van der Waals surface area contributed by atoms with Gasteiger partial charge in [0.25, 0.3) is 0 Å². The van der Waals surface area contributed by atoms with Crippen LogP contribution in [0.25, 0.3) is 34.2 Å². The van der Waals surface area contributed by atoms with Crippen LogP contribution in [0.2, 0.25) is 0 Å². The van der Waals surface area contributed by atoms with Crippen LogP contribution in [0.4, 0.5) is 0 Å². The zero-order chi connectivity index (χ0) is 23.3. The van der Waals surface area contributed by atoms with Crippen molar-refractivity contribution in [1.29, 1.82) is 0 Å². The molecule has 0 saturated carbocycles. The van der Waals surface area contributed by atoms with Crippen LogP contribution in [0.5, 0.6) is 0 Å². The van der Waals surface area contributed by atoms with Crippen molar-refractivity contribution >= 4 is 0 Å². The van der Waals surface area contributed by atoms with E-state index in [1.807, 2.05) is 101 Å². The summed E-state index contributed by atoms with van der Waals surface area (Å²) in [5.41, 5.74) is 20.9. The zero-order valence-corrected chi connectivity index (χ0v) is 22.2. The monoisotopic (exact) mass is 613 g/mol. The van der Waals surface area contributed by atoms with Crippen molar-refractivity contribution in [3.63, 3.8) is 0 Å². The topological polar surface area (TPSA) is 99.2 Å². The molecule has 6 nitrogen and oxygen atoms in total. The number of hydrogen-bond donors (Lipinski definition) is 0. The predicted octanol–water partition coefficient (Wildman–Crippen LogP) is 6.61. The molecule has 4 aromatic heterocycles. The van der Waals surface area contributed by atoms with E-state index in [1.54, 1.807) is 0 Å². The molecular weight excluding hydrogens is 583 g/mol. The normalized spacial score (nSPS) is 9.52. The number of aryl methyl sites for hydroxylation is 4. The summed E-state index contributed by atoms with van der Waals surface area (Å²) < 4.78 is 0. The van der Waals surface area contributed by atoms with Crippen LogP contribution in [0.15, 0.2) is 73.3 Å². The van der Waals surface area contributed by atoms with E-state index in [0.29, 0.717) is 0 Å². The van der Waals surface area contributed by atoms with E-state index in [4.69, 9.17) is 11.5 Å². The minimum absolute atomic E-state index is 0. The van der Waals surface area contributed by atoms with Gasteiger partial charge in [-0.15, -0.1) is 0 Å². The molecule has 7 heteroatoms. The summed E-state index contributed by atoms with van der Waals surface area (Å²) >= 11 is 0. The first-order chi connectivity index (χ1) is 15.4. The molecule has 0 amide bonds. The number of hydrogen-bond acceptors (Lipinski definition) is 4. The molecule has 0 bridgehead atoms. The van der Waals surface area contributed by atoms with Gasteiger partial charge in [0, 0.05) is 45.2 Å². The van der Waals surface area contributed by atoms with Gasteiger partial charge in [0.2, 0.25) is 0 Å². The summed E-state index contributed by atoms with van der Waals surface area (Å²) in [6.07, 6.45) is 7.43. The van der Waals surface area contributed by atoms with Crippen LogP contribution in [-0.4, -0.2) is 33.0 Å². The van der Waals surface area contributed by atoms with Crippen molar-refractivity contribution in [2.45, 2.75) is 27.7 Å². The average Bonchev–Trinajstić information content (AvgIpc) is 2.82. The van der Waals surface area contributed by atoms with E-state index in [9.17, 15) is 0 Å². The second kappa shape index (κ2) is 15.1. The van der Waals surface area contributed by atoms with E-state index < -0.39 is 0 Å². The third-order valence-electron chi connectivity index (χ3n) is 4.30. The number of nitrogens with zero attached hydrogens (tertiary/aromatic N) is 4. The molecule has 173 valence electrons. The Morgan fingerprint density at radius 1 is 0.455 bits per heavy atom. The van der Waals surface area contributed by atoms with Crippen molar-refractivity contribution in [1.82, 2.24) is 19.9 Å². The molecule has 4 rings (SSSR count). The fraction of sp³-hybridized carbons (Fsp3) is 0.231. The minimum Gasteiger partial charge on any atom is -0.679 e. The number of nitrogens with one attached hydrogen (secondary N) is 2. The third kappa shape index (κ3) is 10.1. The first-order valence-electron chi connectivity index (χ1n) is 10.4. The van der Waals surface area contributed by atoms with Crippen LogP contribution in [0.3, 0.4) is 0 Å². The fourth-order valence-corrected chi connectivity index (χ4v) is 2.48. The molecule has 0 aliphatic carbocycles. The Hall–Kier alpha value is -2.82. The molecule has 33 heavy (non-hydrogen) atoms. The average molecular weight is 613 g/mol. The first-order valence-corrected chi connectivity index (χ1v) is 10.4. The van der Waals surface area contributed by atoms with E-state index in [0.717, 1.165) is 22.8 Å². The standard InChI is InChI=1S/2C12H12N2.C2H6N2.Re/c2*1-9-3-5-11(13-7-9)12-6-4-10(2)8-14-12;3-1-2-4;/h2*3-8H,1-2H3;3-4H,1-2H2;/q;;-2;. The van der Waals surface area contributed by atoms with Gasteiger partial charge >= 0.3 is 0 Å². The predicted molar refractivity (Wildman–Crippen MR) is 132 cm³/mol. The Morgan fingerprint density at radius 2 is 0.667 bits per heavy atom. The largest absolute Gasteiger partial charge is 0.679 e. The molecule has 4 aromatic rings. The van der Waals surface area contributed by atoms with Gasteiger partial charge in [0.15, 0.2) is 0 Å². The van der Waals surface area contributed by atoms with Crippen LogP contribution in [0.1, 0.15) is 22.3 Å². The molecule has 0 unspecified atom stereocenters. The van der Waals surface area contributed by atoms with E-state index in [1.165, 1.54) is 22.3 Å². The first kappa shape index (κ1) is 28.2. The van der Waals surface area contributed by atoms with Gasteiger partial charge in [-0.25, -0.2) is 0 Å². The molecule has 1 radical (unpaired) electrons. The van der Waals surface area contributed by atoms with E-state index in [-0.39, 0.29) is 33.5 Å². The van der Waals surface area contributed by atoms with Gasteiger partial charge in [-0.05, 0) is 74.2 Å². The van der Waals surface area contributed by atoms with Gasteiger partial charge in [-0.1, -0.05) is 24.3 Å². The Kier molecular flexibility index (Phi) is 12.9. The van der Waals surface area contributed by atoms with Gasteiger partial charge in [0.05, 0.1) is 22.8 Å². The fourth-order valence-electron chi connectivity index (χ4n) is 2.48. The van der Waals surface area contributed by atoms with Crippen molar-refractivity contribution in [3.05, 3.63) is 107 Å². The molecule has 0 spiro atoms. The molecule has 0 fully saturated rings. The van der Waals surface area contributed by atoms with Gasteiger partial charge in [-0.2, -0.15) is 13.1 Å². The maximum absolute atomic E-state index is 6.26. The third-order valence-corrected chi connectivity index (χ3v) is 4.30. The molecule has 0 aliphatic heterocycles. The summed E-state index contributed by atoms with van der Waals surface area (Å²) in [6.45, 7) is 8.58. The Balaban J connectivity index is 0.000000278. The molecule has 4 heterocycles. The number of aromatic nitrogens is 4. The van der Waals surface area contributed by atoms with Crippen LogP contribution < -0.4 is 0 Å². The minimum atomic E-state index is 0. The summed E-state index contributed by atoms with van der Waals surface area (Å²) in [7, 11) is 0. The van der Waals surface area contributed by atoms with E-state index in [2.05, 4.69) is 19.9 Å². The van der Waals surface area contributed by atoms with Crippen molar-refractivity contribution < 1.29 is 20.4 Å². The molecule has 0 atom stereocenters. The zero-order valence-electron chi connectivity index (χ0n) is 19.5. The Morgan fingerprint density at radius 3 is 0.788 bits per heavy atom. The summed E-state index contributed by atoms with van der Waals surface area (Å²) in [6, 6.07) is 16.2.